The number of piperidine rings is 2. The monoisotopic (exact) mass is 385 g/mol. The van der Waals surface area contributed by atoms with E-state index in [4.69, 9.17) is 14.5 Å². The predicted molar refractivity (Wildman–Crippen MR) is 112 cm³/mol. The minimum atomic E-state index is -0.239. The number of nitrogens with zero attached hydrogens (tertiary/aromatic N) is 3. The molecule has 152 valence electrons. The molecule has 6 heteroatoms. The number of benzene rings is 1. The maximum atomic E-state index is 10.8. The molecule has 1 aromatic carbocycles. The van der Waals surface area contributed by atoms with Crippen LogP contribution in [0.25, 0.3) is 10.9 Å². The summed E-state index contributed by atoms with van der Waals surface area (Å²) in [7, 11) is 5.46. The van der Waals surface area contributed by atoms with Gasteiger partial charge in [-0.3, -0.25) is 0 Å². The third kappa shape index (κ3) is 3.29. The minimum Gasteiger partial charge on any atom is -0.493 e. The van der Waals surface area contributed by atoms with E-state index in [1.165, 1.54) is 5.56 Å². The molecular formula is C22H31N3O3. The quantitative estimate of drug-likeness (QED) is 0.877. The molecule has 1 spiro atoms. The van der Waals surface area contributed by atoms with E-state index in [9.17, 15) is 5.11 Å². The summed E-state index contributed by atoms with van der Waals surface area (Å²) >= 11 is 0. The van der Waals surface area contributed by atoms with E-state index in [1.807, 2.05) is 12.1 Å². The number of fused-ring (bicyclic) bond motifs is 1. The van der Waals surface area contributed by atoms with Crippen LogP contribution in [0.3, 0.4) is 0 Å². The Bertz CT molecular complexity index is 872. The zero-order valence-corrected chi connectivity index (χ0v) is 17.4. The number of aromatic nitrogens is 1. The molecule has 0 saturated carbocycles. The number of methoxy groups -OCH3 is 2. The molecule has 1 aromatic heterocycles. The van der Waals surface area contributed by atoms with Gasteiger partial charge in [-0.15, -0.1) is 0 Å². The van der Waals surface area contributed by atoms with E-state index < -0.39 is 0 Å². The van der Waals surface area contributed by atoms with Crippen LogP contribution < -0.4 is 14.4 Å². The molecule has 0 amide bonds. The van der Waals surface area contributed by atoms with Crippen LogP contribution in [0.4, 0.5) is 5.82 Å². The van der Waals surface area contributed by atoms with Crippen LogP contribution in [0.15, 0.2) is 18.2 Å². The number of aliphatic hydroxyl groups excluding tert-OH is 1. The van der Waals surface area contributed by atoms with Crippen LogP contribution in [0.1, 0.15) is 24.8 Å². The second kappa shape index (κ2) is 7.41. The summed E-state index contributed by atoms with van der Waals surface area (Å²) in [4.78, 5) is 9.67. The summed E-state index contributed by atoms with van der Waals surface area (Å²) in [5, 5.41) is 11.9. The first kappa shape index (κ1) is 19.3. The lowest BCUT2D eigenvalue weighted by Gasteiger charge is -2.50. The molecule has 0 aliphatic carbocycles. The molecule has 2 aromatic rings. The number of rotatable bonds is 3. The molecule has 2 aliphatic rings. The van der Waals surface area contributed by atoms with Crippen molar-refractivity contribution in [3.63, 3.8) is 0 Å². The third-order valence-electron chi connectivity index (χ3n) is 6.52. The average molecular weight is 386 g/mol. The van der Waals surface area contributed by atoms with Gasteiger partial charge in [0, 0.05) is 43.0 Å². The molecule has 2 atom stereocenters. The Morgan fingerprint density at radius 3 is 2.61 bits per heavy atom. The first-order valence-corrected chi connectivity index (χ1v) is 10.1. The number of ether oxygens (including phenoxy) is 2. The normalized spacial score (nSPS) is 26.0. The van der Waals surface area contributed by atoms with Gasteiger partial charge in [0.15, 0.2) is 11.5 Å². The number of aryl methyl sites for hydroxylation is 1. The Kier molecular flexibility index (Phi) is 5.10. The second-order valence-electron chi connectivity index (χ2n) is 8.45. The maximum Gasteiger partial charge on any atom is 0.162 e. The van der Waals surface area contributed by atoms with Crippen molar-refractivity contribution >= 4 is 16.7 Å². The first-order chi connectivity index (χ1) is 13.5. The van der Waals surface area contributed by atoms with Gasteiger partial charge in [-0.2, -0.15) is 0 Å². The van der Waals surface area contributed by atoms with Crippen molar-refractivity contribution in [2.75, 3.05) is 52.3 Å². The Hall–Kier alpha value is -2.05. The number of hydrogen-bond acceptors (Lipinski definition) is 6. The zero-order chi connectivity index (χ0) is 19.9. The minimum absolute atomic E-state index is 0.0621. The summed E-state index contributed by atoms with van der Waals surface area (Å²) in [5.41, 5.74) is 2.02. The highest BCUT2D eigenvalue weighted by Crippen LogP contribution is 2.40. The lowest BCUT2D eigenvalue weighted by molar-refractivity contribution is -0.0466. The molecule has 0 radical (unpaired) electrons. The van der Waals surface area contributed by atoms with E-state index in [-0.39, 0.29) is 11.5 Å². The average Bonchev–Trinajstić information content (AvgIpc) is 2.70. The van der Waals surface area contributed by atoms with Gasteiger partial charge in [0.2, 0.25) is 0 Å². The summed E-state index contributed by atoms with van der Waals surface area (Å²) in [5.74, 6) is 2.40. The van der Waals surface area contributed by atoms with E-state index >= 15 is 0 Å². The van der Waals surface area contributed by atoms with E-state index in [1.54, 1.807) is 14.2 Å². The SMILES string of the molecule is COc1cc2nc(N3CCC[C@]4(CN(C)CC[C@@H]4O)C3)cc(C)c2cc1OC. The molecule has 0 unspecified atom stereocenters. The number of likely N-dealkylation sites (tertiary alicyclic amines) is 1. The van der Waals surface area contributed by atoms with Crippen molar-refractivity contribution in [3.8, 4) is 11.5 Å². The summed E-state index contributed by atoms with van der Waals surface area (Å²) in [6, 6.07) is 6.11. The molecule has 2 saturated heterocycles. The van der Waals surface area contributed by atoms with Crippen LogP contribution >= 0.6 is 0 Å². The van der Waals surface area contributed by atoms with Gasteiger partial charge in [-0.05, 0) is 50.9 Å². The highest BCUT2D eigenvalue weighted by Gasteiger charge is 2.45. The fourth-order valence-corrected chi connectivity index (χ4v) is 4.99. The number of hydrogen-bond donors (Lipinski definition) is 1. The van der Waals surface area contributed by atoms with Crippen LogP contribution in [0, 0.1) is 12.3 Å². The molecular weight excluding hydrogens is 354 g/mol. The molecule has 2 aliphatic heterocycles. The molecule has 28 heavy (non-hydrogen) atoms. The molecule has 3 heterocycles. The topological polar surface area (TPSA) is 58.1 Å². The predicted octanol–water partition coefficient (Wildman–Crippen LogP) is 2.84. The summed E-state index contributed by atoms with van der Waals surface area (Å²) in [6.45, 7) is 5.86. The summed E-state index contributed by atoms with van der Waals surface area (Å²) in [6.07, 6.45) is 2.77. The standard InChI is InChI=1S/C22H31N3O3/c1-15-10-21(23-17-12-19(28-4)18(27-3)11-16(15)17)25-8-5-7-22(14-25)13-24(2)9-6-20(22)26/h10-12,20,26H,5-9,13-14H2,1-4H3/t20-,22-/m0/s1. The third-order valence-corrected chi connectivity index (χ3v) is 6.52. The Labute approximate surface area is 167 Å². The Balaban J connectivity index is 1.70. The van der Waals surface area contributed by atoms with Crippen molar-refractivity contribution in [1.29, 1.82) is 0 Å². The van der Waals surface area contributed by atoms with Gasteiger partial charge < -0.3 is 24.4 Å². The van der Waals surface area contributed by atoms with E-state index in [0.717, 1.165) is 67.9 Å². The fraction of sp³-hybridized carbons (Fsp3) is 0.591. The van der Waals surface area contributed by atoms with Gasteiger partial charge in [0.05, 0.1) is 25.8 Å². The van der Waals surface area contributed by atoms with Gasteiger partial charge in [-0.25, -0.2) is 4.98 Å². The molecule has 6 nitrogen and oxygen atoms in total. The van der Waals surface area contributed by atoms with Crippen molar-refractivity contribution < 1.29 is 14.6 Å². The Morgan fingerprint density at radius 1 is 1.11 bits per heavy atom. The molecule has 4 rings (SSSR count). The maximum absolute atomic E-state index is 10.8. The lowest BCUT2D eigenvalue weighted by atomic mass is 9.71. The molecule has 2 fully saturated rings. The smallest absolute Gasteiger partial charge is 0.162 e. The largest absolute Gasteiger partial charge is 0.493 e. The number of anilines is 1. The van der Waals surface area contributed by atoms with Gasteiger partial charge >= 0.3 is 0 Å². The number of aliphatic hydroxyl groups is 1. The highest BCUT2D eigenvalue weighted by molar-refractivity contribution is 5.87. The number of pyridine rings is 1. The van der Waals surface area contributed by atoms with Crippen LogP contribution in [0.5, 0.6) is 11.5 Å². The second-order valence-corrected chi connectivity index (χ2v) is 8.45. The van der Waals surface area contributed by atoms with Crippen molar-refractivity contribution in [2.45, 2.75) is 32.3 Å². The van der Waals surface area contributed by atoms with Gasteiger partial charge in [0.25, 0.3) is 0 Å². The van der Waals surface area contributed by atoms with Gasteiger partial charge in [0.1, 0.15) is 5.82 Å². The Morgan fingerprint density at radius 2 is 1.86 bits per heavy atom. The molecule has 0 bridgehead atoms. The van der Waals surface area contributed by atoms with Gasteiger partial charge in [-0.1, -0.05) is 0 Å². The zero-order valence-electron chi connectivity index (χ0n) is 17.4. The lowest BCUT2D eigenvalue weighted by Crippen LogP contribution is -2.58. The molecule has 1 N–H and O–H groups in total. The van der Waals surface area contributed by atoms with Crippen molar-refractivity contribution in [2.24, 2.45) is 5.41 Å². The van der Waals surface area contributed by atoms with Crippen molar-refractivity contribution in [1.82, 2.24) is 9.88 Å². The van der Waals surface area contributed by atoms with Crippen LogP contribution in [0.2, 0.25) is 0 Å². The fourth-order valence-electron chi connectivity index (χ4n) is 4.99. The summed E-state index contributed by atoms with van der Waals surface area (Å²) < 4.78 is 10.9. The van der Waals surface area contributed by atoms with E-state index in [0.29, 0.717) is 5.75 Å². The van der Waals surface area contributed by atoms with Crippen molar-refractivity contribution in [3.05, 3.63) is 23.8 Å². The van der Waals surface area contributed by atoms with Crippen LogP contribution in [-0.2, 0) is 0 Å². The van der Waals surface area contributed by atoms with E-state index in [2.05, 4.69) is 29.8 Å². The highest BCUT2D eigenvalue weighted by atomic mass is 16.5. The first-order valence-electron chi connectivity index (χ1n) is 10.1. The van der Waals surface area contributed by atoms with Crippen LogP contribution in [-0.4, -0.2) is 68.5 Å².